The van der Waals surface area contributed by atoms with Gasteiger partial charge in [0, 0.05) is 6.42 Å². The topological polar surface area (TPSA) is 17.1 Å². The van der Waals surface area contributed by atoms with E-state index >= 15 is 0 Å². The van der Waals surface area contributed by atoms with E-state index in [0.717, 1.165) is 12.8 Å². The molecule has 0 aromatic heterocycles. The van der Waals surface area contributed by atoms with Gasteiger partial charge in [0.15, 0.2) is 0 Å². The molecule has 1 heteroatoms. The van der Waals surface area contributed by atoms with Crippen molar-refractivity contribution >= 4 is 5.78 Å². The first-order valence-corrected chi connectivity index (χ1v) is 6.10. The standard InChI is InChI=1S/C15H22O/c1-5-14(7-6-13(4)16)15-9-11(2)8-12(3)10-15/h8-10,14H,5-7H2,1-4H3. The monoisotopic (exact) mass is 218 g/mol. The molecule has 0 aliphatic heterocycles. The number of ketones is 1. The van der Waals surface area contributed by atoms with Crippen LogP contribution < -0.4 is 0 Å². The third kappa shape index (κ3) is 3.80. The zero-order chi connectivity index (χ0) is 12.1. The summed E-state index contributed by atoms with van der Waals surface area (Å²) in [6.07, 6.45) is 2.79. The molecule has 0 fully saturated rings. The summed E-state index contributed by atoms with van der Waals surface area (Å²) in [7, 11) is 0. The van der Waals surface area contributed by atoms with Crippen molar-refractivity contribution in [1.29, 1.82) is 0 Å². The molecule has 0 bridgehead atoms. The zero-order valence-corrected chi connectivity index (χ0v) is 10.8. The van der Waals surface area contributed by atoms with Crippen LogP contribution in [-0.4, -0.2) is 5.78 Å². The van der Waals surface area contributed by atoms with Crippen LogP contribution in [0.1, 0.15) is 55.7 Å². The second-order valence-electron chi connectivity index (χ2n) is 4.77. The number of aryl methyl sites for hydroxylation is 2. The van der Waals surface area contributed by atoms with E-state index in [-0.39, 0.29) is 0 Å². The molecule has 1 aromatic carbocycles. The first-order valence-electron chi connectivity index (χ1n) is 6.10. The first-order chi connectivity index (χ1) is 7.52. The van der Waals surface area contributed by atoms with Gasteiger partial charge in [0.05, 0.1) is 0 Å². The van der Waals surface area contributed by atoms with Crippen molar-refractivity contribution < 1.29 is 4.79 Å². The molecule has 0 saturated heterocycles. The maximum Gasteiger partial charge on any atom is 0.129 e. The molecule has 1 unspecified atom stereocenters. The Morgan fingerprint density at radius 3 is 2.19 bits per heavy atom. The fourth-order valence-electron chi connectivity index (χ4n) is 2.23. The van der Waals surface area contributed by atoms with Crippen molar-refractivity contribution in [3.8, 4) is 0 Å². The number of hydrogen-bond donors (Lipinski definition) is 0. The SMILES string of the molecule is CCC(CCC(C)=O)c1cc(C)cc(C)c1. The van der Waals surface area contributed by atoms with Gasteiger partial charge in [-0.25, -0.2) is 0 Å². The van der Waals surface area contributed by atoms with Crippen LogP contribution in [-0.2, 0) is 4.79 Å². The van der Waals surface area contributed by atoms with Crippen LogP contribution in [0.25, 0.3) is 0 Å². The van der Waals surface area contributed by atoms with Gasteiger partial charge in [0.1, 0.15) is 5.78 Å². The van der Waals surface area contributed by atoms with Crippen LogP contribution in [0.15, 0.2) is 18.2 Å². The molecule has 0 N–H and O–H groups in total. The van der Waals surface area contributed by atoms with E-state index in [1.165, 1.54) is 16.7 Å². The zero-order valence-electron chi connectivity index (χ0n) is 10.8. The molecule has 0 radical (unpaired) electrons. The van der Waals surface area contributed by atoms with Crippen molar-refractivity contribution in [1.82, 2.24) is 0 Å². The lowest BCUT2D eigenvalue weighted by molar-refractivity contribution is -0.117. The molecular formula is C15H22O. The molecule has 0 aliphatic carbocycles. The lowest BCUT2D eigenvalue weighted by Crippen LogP contribution is -2.01. The minimum absolute atomic E-state index is 0.294. The number of carbonyl (C=O) groups is 1. The predicted octanol–water partition coefficient (Wildman–Crippen LogP) is 4.17. The van der Waals surface area contributed by atoms with E-state index in [1.54, 1.807) is 6.92 Å². The molecule has 0 heterocycles. The number of benzene rings is 1. The lowest BCUT2D eigenvalue weighted by Gasteiger charge is -2.16. The Morgan fingerprint density at radius 1 is 1.19 bits per heavy atom. The third-order valence-corrected chi connectivity index (χ3v) is 3.05. The highest BCUT2D eigenvalue weighted by atomic mass is 16.1. The fraction of sp³-hybridized carbons (Fsp3) is 0.533. The van der Waals surface area contributed by atoms with Crippen LogP contribution >= 0.6 is 0 Å². The maximum absolute atomic E-state index is 11.0. The van der Waals surface area contributed by atoms with Crippen molar-refractivity contribution in [3.05, 3.63) is 34.9 Å². The van der Waals surface area contributed by atoms with Gasteiger partial charge in [0.25, 0.3) is 0 Å². The van der Waals surface area contributed by atoms with Gasteiger partial charge in [-0.3, -0.25) is 0 Å². The van der Waals surface area contributed by atoms with Crippen LogP contribution in [0.4, 0.5) is 0 Å². The van der Waals surface area contributed by atoms with E-state index in [0.29, 0.717) is 18.1 Å². The molecule has 1 rings (SSSR count). The summed E-state index contributed by atoms with van der Waals surface area (Å²) in [4.78, 5) is 11.0. The van der Waals surface area contributed by atoms with Gasteiger partial charge >= 0.3 is 0 Å². The number of hydrogen-bond acceptors (Lipinski definition) is 1. The average Bonchev–Trinajstić information content (AvgIpc) is 2.16. The predicted molar refractivity (Wildman–Crippen MR) is 68.9 cm³/mol. The van der Waals surface area contributed by atoms with E-state index in [9.17, 15) is 4.79 Å². The summed E-state index contributed by atoms with van der Waals surface area (Å²) in [6.45, 7) is 8.14. The highest BCUT2D eigenvalue weighted by Gasteiger charge is 2.11. The van der Waals surface area contributed by atoms with E-state index < -0.39 is 0 Å². The molecule has 1 aromatic rings. The van der Waals surface area contributed by atoms with Gasteiger partial charge in [-0.1, -0.05) is 36.2 Å². The normalized spacial score (nSPS) is 12.5. The van der Waals surface area contributed by atoms with Crippen LogP contribution in [0, 0.1) is 13.8 Å². The van der Waals surface area contributed by atoms with Crippen molar-refractivity contribution in [2.24, 2.45) is 0 Å². The molecule has 1 nitrogen and oxygen atoms in total. The summed E-state index contributed by atoms with van der Waals surface area (Å²) >= 11 is 0. The lowest BCUT2D eigenvalue weighted by atomic mass is 9.89. The second-order valence-corrected chi connectivity index (χ2v) is 4.77. The molecule has 0 saturated carbocycles. The molecular weight excluding hydrogens is 196 g/mol. The summed E-state index contributed by atoms with van der Waals surface area (Å²) < 4.78 is 0. The van der Waals surface area contributed by atoms with Crippen molar-refractivity contribution in [2.45, 2.75) is 52.9 Å². The van der Waals surface area contributed by atoms with Crippen molar-refractivity contribution in [2.75, 3.05) is 0 Å². The van der Waals surface area contributed by atoms with Gasteiger partial charge in [-0.2, -0.15) is 0 Å². The van der Waals surface area contributed by atoms with Gasteiger partial charge in [-0.15, -0.1) is 0 Å². The minimum atomic E-state index is 0.294. The quantitative estimate of drug-likeness (QED) is 0.725. The average molecular weight is 218 g/mol. The van der Waals surface area contributed by atoms with E-state index in [1.807, 2.05) is 0 Å². The number of rotatable bonds is 5. The Kier molecular flexibility index (Phi) is 4.72. The molecule has 88 valence electrons. The van der Waals surface area contributed by atoms with Gasteiger partial charge in [-0.05, 0) is 45.1 Å². The Labute approximate surface area is 98.9 Å². The van der Waals surface area contributed by atoms with Gasteiger partial charge < -0.3 is 4.79 Å². The third-order valence-electron chi connectivity index (χ3n) is 3.05. The largest absolute Gasteiger partial charge is 0.300 e. The molecule has 0 aliphatic rings. The highest BCUT2D eigenvalue weighted by molar-refractivity contribution is 5.75. The number of Topliss-reactive ketones (excluding diaryl/α,β-unsaturated/α-hetero) is 1. The molecule has 0 amide bonds. The Balaban J connectivity index is 2.81. The smallest absolute Gasteiger partial charge is 0.129 e. The summed E-state index contributed by atoms with van der Waals surface area (Å²) in [5.41, 5.74) is 4.02. The molecule has 16 heavy (non-hydrogen) atoms. The van der Waals surface area contributed by atoms with Crippen LogP contribution in [0.3, 0.4) is 0 Å². The first kappa shape index (κ1) is 13.0. The number of carbonyl (C=O) groups excluding carboxylic acids is 1. The minimum Gasteiger partial charge on any atom is -0.300 e. The van der Waals surface area contributed by atoms with E-state index in [4.69, 9.17) is 0 Å². The highest BCUT2D eigenvalue weighted by Crippen LogP contribution is 2.26. The molecule has 1 atom stereocenters. The van der Waals surface area contributed by atoms with Crippen LogP contribution in [0.2, 0.25) is 0 Å². The molecule has 0 spiro atoms. The van der Waals surface area contributed by atoms with Crippen molar-refractivity contribution in [3.63, 3.8) is 0 Å². The van der Waals surface area contributed by atoms with Gasteiger partial charge in [0.2, 0.25) is 0 Å². The fourth-order valence-corrected chi connectivity index (χ4v) is 2.23. The summed E-state index contributed by atoms with van der Waals surface area (Å²) in [5.74, 6) is 0.824. The summed E-state index contributed by atoms with van der Waals surface area (Å²) in [5, 5.41) is 0. The summed E-state index contributed by atoms with van der Waals surface area (Å²) in [6, 6.07) is 6.70. The second kappa shape index (κ2) is 5.83. The van der Waals surface area contributed by atoms with Crippen LogP contribution in [0.5, 0.6) is 0 Å². The van der Waals surface area contributed by atoms with E-state index in [2.05, 4.69) is 39.0 Å². The Bertz CT molecular complexity index is 345. The Hall–Kier alpha value is -1.11. The Morgan fingerprint density at radius 2 is 1.75 bits per heavy atom. The maximum atomic E-state index is 11.0.